The Balaban J connectivity index is 3.34. The molecule has 0 atom stereocenters. The molecule has 90 valence electrons. The fourth-order valence-corrected chi connectivity index (χ4v) is 0.928. The van der Waals surface area contributed by atoms with E-state index in [0.717, 1.165) is 13.0 Å². The molecule has 0 aliphatic heterocycles. The van der Waals surface area contributed by atoms with E-state index in [1.807, 2.05) is 6.92 Å². The van der Waals surface area contributed by atoms with E-state index in [1.165, 1.54) is 0 Å². The van der Waals surface area contributed by atoms with E-state index in [0.29, 0.717) is 19.7 Å². The van der Waals surface area contributed by atoms with Gasteiger partial charge in [-0.15, -0.1) is 0 Å². The Hall–Kier alpha value is -0.770. The van der Waals surface area contributed by atoms with Crippen molar-refractivity contribution in [2.75, 3.05) is 26.3 Å². The van der Waals surface area contributed by atoms with Crippen LogP contribution in [-0.4, -0.2) is 32.3 Å². The maximum atomic E-state index is 11.3. The van der Waals surface area contributed by atoms with Gasteiger partial charge >= 0.3 is 6.03 Å². The molecule has 0 saturated carbocycles. The monoisotopic (exact) mass is 216 g/mol. The highest BCUT2D eigenvalue weighted by Gasteiger charge is 2.10. The van der Waals surface area contributed by atoms with E-state index in [1.54, 1.807) is 0 Å². The Morgan fingerprint density at radius 1 is 1.27 bits per heavy atom. The predicted octanol–water partition coefficient (Wildman–Crippen LogP) is 1.76. The molecule has 0 aliphatic rings. The van der Waals surface area contributed by atoms with Gasteiger partial charge in [0.2, 0.25) is 0 Å². The lowest BCUT2D eigenvalue weighted by atomic mass is 9.97. The van der Waals surface area contributed by atoms with Crippen LogP contribution in [-0.2, 0) is 4.74 Å². The van der Waals surface area contributed by atoms with Crippen molar-refractivity contribution in [1.82, 2.24) is 10.6 Å². The zero-order valence-corrected chi connectivity index (χ0v) is 10.4. The SMILES string of the molecule is CCOCCCNC(=O)NCC(C)(C)C. The van der Waals surface area contributed by atoms with Crippen LogP contribution in [0.25, 0.3) is 0 Å². The number of carbonyl (C=O) groups is 1. The highest BCUT2D eigenvalue weighted by molar-refractivity contribution is 5.73. The third kappa shape index (κ3) is 11.2. The quantitative estimate of drug-likeness (QED) is 0.665. The molecule has 0 heterocycles. The second-order valence-corrected chi connectivity index (χ2v) is 4.72. The second-order valence-electron chi connectivity index (χ2n) is 4.72. The summed E-state index contributed by atoms with van der Waals surface area (Å²) in [6.45, 7) is 11.0. The van der Waals surface area contributed by atoms with Crippen LogP contribution in [0.3, 0.4) is 0 Å². The summed E-state index contributed by atoms with van der Waals surface area (Å²) in [6, 6.07) is -0.0959. The fourth-order valence-electron chi connectivity index (χ4n) is 0.928. The molecule has 2 N–H and O–H groups in total. The average Bonchev–Trinajstić information content (AvgIpc) is 2.13. The molecule has 0 aromatic carbocycles. The number of hydrogen-bond donors (Lipinski definition) is 2. The van der Waals surface area contributed by atoms with E-state index in [4.69, 9.17) is 4.74 Å². The summed E-state index contributed by atoms with van der Waals surface area (Å²) in [5, 5.41) is 5.61. The first-order chi connectivity index (χ1) is 6.95. The number of rotatable bonds is 6. The van der Waals surface area contributed by atoms with Gasteiger partial charge in [-0.3, -0.25) is 0 Å². The summed E-state index contributed by atoms with van der Waals surface area (Å²) in [6.07, 6.45) is 0.858. The van der Waals surface area contributed by atoms with Gasteiger partial charge in [-0.25, -0.2) is 4.79 Å². The minimum absolute atomic E-state index is 0.0959. The third-order valence-electron chi connectivity index (χ3n) is 1.73. The molecular formula is C11H24N2O2. The lowest BCUT2D eigenvalue weighted by molar-refractivity contribution is 0.145. The molecule has 0 aliphatic carbocycles. The highest BCUT2D eigenvalue weighted by Crippen LogP contribution is 2.09. The summed E-state index contributed by atoms with van der Waals surface area (Å²) in [7, 11) is 0. The smallest absolute Gasteiger partial charge is 0.314 e. The largest absolute Gasteiger partial charge is 0.382 e. The van der Waals surface area contributed by atoms with Crippen molar-refractivity contribution in [2.45, 2.75) is 34.1 Å². The minimum atomic E-state index is -0.0959. The van der Waals surface area contributed by atoms with Crippen LogP contribution in [0.5, 0.6) is 0 Å². The Kier molecular flexibility index (Phi) is 7.13. The molecule has 0 radical (unpaired) electrons. The van der Waals surface area contributed by atoms with Gasteiger partial charge in [-0.1, -0.05) is 20.8 Å². The Morgan fingerprint density at radius 2 is 1.93 bits per heavy atom. The van der Waals surface area contributed by atoms with Gasteiger partial charge < -0.3 is 15.4 Å². The lowest BCUT2D eigenvalue weighted by Crippen LogP contribution is -2.40. The Bertz CT molecular complexity index is 176. The molecule has 0 rings (SSSR count). The molecule has 0 bridgehead atoms. The first-order valence-electron chi connectivity index (χ1n) is 5.55. The van der Waals surface area contributed by atoms with E-state index in [2.05, 4.69) is 31.4 Å². The molecule has 0 spiro atoms. The van der Waals surface area contributed by atoms with Gasteiger partial charge in [0, 0.05) is 26.3 Å². The Morgan fingerprint density at radius 3 is 2.47 bits per heavy atom. The predicted molar refractivity (Wildman–Crippen MR) is 62.0 cm³/mol. The fraction of sp³-hybridized carbons (Fsp3) is 0.909. The lowest BCUT2D eigenvalue weighted by Gasteiger charge is -2.18. The van der Waals surface area contributed by atoms with Crippen molar-refractivity contribution >= 4 is 6.03 Å². The van der Waals surface area contributed by atoms with Crippen LogP contribution >= 0.6 is 0 Å². The van der Waals surface area contributed by atoms with Crippen molar-refractivity contribution in [2.24, 2.45) is 5.41 Å². The van der Waals surface area contributed by atoms with Gasteiger partial charge in [0.1, 0.15) is 0 Å². The van der Waals surface area contributed by atoms with Crippen molar-refractivity contribution in [3.8, 4) is 0 Å². The first kappa shape index (κ1) is 14.2. The molecule has 0 aromatic heterocycles. The van der Waals surface area contributed by atoms with Crippen LogP contribution in [0.4, 0.5) is 4.79 Å². The summed E-state index contributed by atoms with van der Waals surface area (Å²) in [5.74, 6) is 0. The van der Waals surface area contributed by atoms with Crippen LogP contribution in [0.15, 0.2) is 0 Å². The van der Waals surface area contributed by atoms with Gasteiger partial charge in [0.25, 0.3) is 0 Å². The highest BCUT2D eigenvalue weighted by atomic mass is 16.5. The molecule has 0 aromatic rings. The number of ether oxygens (including phenoxy) is 1. The first-order valence-corrected chi connectivity index (χ1v) is 5.55. The number of hydrogen-bond acceptors (Lipinski definition) is 2. The van der Waals surface area contributed by atoms with Gasteiger partial charge in [-0.2, -0.15) is 0 Å². The molecule has 0 unspecified atom stereocenters. The van der Waals surface area contributed by atoms with Crippen molar-refractivity contribution in [3.63, 3.8) is 0 Å². The van der Waals surface area contributed by atoms with Crippen LogP contribution in [0.1, 0.15) is 34.1 Å². The van der Waals surface area contributed by atoms with E-state index < -0.39 is 0 Å². The summed E-state index contributed by atoms with van der Waals surface area (Å²) in [5.41, 5.74) is 0.128. The molecular weight excluding hydrogens is 192 g/mol. The maximum absolute atomic E-state index is 11.3. The number of urea groups is 1. The maximum Gasteiger partial charge on any atom is 0.314 e. The normalized spacial score (nSPS) is 11.2. The second kappa shape index (κ2) is 7.51. The van der Waals surface area contributed by atoms with E-state index in [-0.39, 0.29) is 11.4 Å². The van der Waals surface area contributed by atoms with Crippen molar-refractivity contribution < 1.29 is 9.53 Å². The van der Waals surface area contributed by atoms with Gasteiger partial charge in [-0.05, 0) is 18.8 Å². The van der Waals surface area contributed by atoms with E-state index in [9.17, 15) is 4.79 Å². The number of carbonyl (C=O) groups excluding carboxylic acids is 1. The Labute approximate surface area is 92.8 Å². The van der Waals surface area contributed by atoms with E-state index >= 15 is 0 Å². The summed E-state index contributed by atoms with van der Waals surface area (Å²) >= 11 is 0. The molecule has 4 heteroatoms. The molecule has 2 amide bonds. The third-order valence-corrected chi connectivity index (χ3v) is 1.73. The molecule has 0 fully saturated rings. The number of amides is 2. The average molecular weight is 216 g/mol. The number of nitrogens with one attached hydrogen (secondary N) is 2. The van der Waals surface area contributed by atoms with Crippen LogP contribution in [0, 0.1) is 5.41 Å². The molecule has 0 saturated heterocycles. The topological polar surface area (TPSA) is 50.4 Å². The van der Waals surface area contributed by atoms with Crippen molar-refractivity contribution in [1.29, 1.82) is 0 Å². The van der Waals surface area contributed by atoms with Gasteiger partial charge in [0.15, 0.2) is 0 Å². The standard InChI is InChI=1S/C11H24N2O2/c1-5-15-8-6-7-12-10(14)13-9-11(2,3)4/h5-9H2,1-4H3,(H2,12,13,14). The van der Waals surface area contributed by atoms with Crippen LogP contribution in [0.2, 0.25) is 0 Å². The van der Waals surface area contributed by atoms with Crippen LogP contribution < -0.4 is 10.6 Å². The van der Waals surface area contributed by atoms with Crippen molar-refractivity contribution in [3.05, 3.63) is 0 Å². The zero-order valence-electron chi connectivity index (χ0n) is 10.4. The molecule has 4 nitrogen and oxygen atoms in total. The van der Waals surface area contributed by atoms with Gasteiger partial charge in [0.05, 0.1) is 0 Å². The summed E-state index contributed by atoms with van der Waals surface area (Å²) < 4.78 is 5.16. The zero-order chi connectivity index (χ0) is 11.7. The summed E-state index contributed by atoms with van der Waals surface area (Å²) in [4.78, 5) is 11.3. The molecule has 15 heavy (non-hydrogen) atoms. The minimum Gasteiger partial charge on any atom is -0.382 e.